The summed E-state index contributed by atoms with van der Waals surface area (Å²) in [5.74, 6) is -1.34. The molecule has 2 aromatic rings. The number of benzene rings is 2. The lowest BCUT2D eigenvalue weighted by molar-refractivity contribution is -0.384. The number of esters is 1. The van der Waals surface area contributed by atoms with E-state index < -0.39 is 23.4 Å². The summed E-state index contributed by atoms with van der Waals surface area (Å²) in [5.41, 5.74) is 2.22. The Morgan fingerprint density at radius 1 is 1.18 bits per heavy atom. The van der Waals surface area contributed by atoms with Crippen molar-refractivity contribution in [2.75, 3.05) is 18.2 Å². The number of nitrogens with one attached hydrogen (secondary N) is 1. The molecule has 0 aliphatic rings. The van der Waals surface area contributed by atoms with E-state index in [2.05, 4.69) is 5.32 Å². The van der Waals surface area contributed by atoms with E-state index in [1.54, 1.807) is 31.7 Å². The molecular formula is C20H20N2O5S. The van der Waals surface area contributed by atoms with Gasteiger partial charge in [-0.15, -0.1) is 11.8 Å². The van der Waals surface area contributed by atoms with Crippen molar-refractivity contribution in [3.05, 3.63) is 69.3 Å². The SMILES string of the molecule is CSc1ccc(/C=C/C(=O)OCC(=O)Nc2cc(C)c(C)cc2[N+](=O)[O-])cc1. The number of ether oxygens (including phenoxy) is 1. The zero-order valence-electron chi connectivity index (χ0n) is 15.7. The van der Waals surface area contributed by atoms with Gasteiger partial charge in [0, 0.05) is 17.0 Å². The number of nitro groups is 1. The van der Waals surface area contributed by atoms with Crippen molar-refractivity contribution in [2.24, 2.45) is 0 Å². The van der Waals surface area contributed by atoms with Crippen LogP contribution in [0.25, 0.3) is 6.08 Å². The van der Waals surface area contributed by atoms with E-state index >= 15 is 0 Å². The lowest BCUT2D eigenvalue weighted by Gasteiger charge is -2.09. The minimum Gasteiger partial charge on any atom is -0.452 e. The second-order valence-electron chi connectivity index (χ2n) is 5.97. The molecule has 2 aromatic carbocycles. The first-order valence-electron chi connectivity index (χ1n) is 8.34. The number of nitrogens with zero attached hydrogens (tertiary/aromatic N) is 1. The fraction of sp³-hybridized carbons (Fsp3) is 0.200. The van der Waals surface area contributed by atoms with Crippen molar-refractivity contribution in [3.8, 4) is 0 Å². The number of carbonyl (C=O) groups excluding carboxylic acids is 2. The van der Waals surface area contributed by atoms with Crippen molar-refractivity contribution < 1.29 is 19.2 Å². The Kier molecular flexibility index (Phi) is 7.34. The molecule has 2 rings (SSSR count). The standard InChI is InChI=1S/C20H20N2O5S/c1-13-10-17(18(22(25)26)11-14(13)2)21-19(23)12-27-20(24)9-6-15-4-7-16(28-3)8-5-15/h4-11H,12H2,1-3H3,(H,21,23)/b9-6+. The predicted molar refractivity (Wildman–Crippen MR) is 109 cm³/mol. The number of hydrogen-bond donors (Lipinski definition) is 1. The first kappa shape index (κ1) is 21.2. The highest BCUT2D eigenvalue weighted by Gasteiger charge is 2.18. The molecule has 0 aliphatic carbocycles. The summed E-state index contributed by atoms with van der Waals surface area (Å²) in [6.45, 7) is 2.99. The molecular weight excluding hydrogens is 380 g/mol. The molecule has 7 nitrogen and oxygen atoms in total. The van der Waals surface area contributed by atoms with Crippen molar-refractivity contribution >= 4 is 41.1 Å². The van der Waals surface area contributed by atoms with Crippen LogP contribution in [0.15, 0.2) is 47.4 Å². The van der Waals surface area contributed by atoms with Gasteiger partial charge in [-0.3, -0.25) is 14.9 Å². The molecule has 0 unspecified atom stereocenters. The molecule has 0 heterocycles. The number of anilines is 1. The molecule has 0 saturated carbocycles. The summed E-state index contributed by atoms with van der Waals surface area (Å²) in [6.07, 6.45) is 4.78. The van der Waals surface area contributed by atoms with E-state index in [0.29, 0.717) is 0 Å². The smallest absolute Gasteiger partial charge is 0.331 e. The van der Waals surface area contributed by atoms with Crippen molar-refractivity contribution in [3.63, 3.8) is 0 Å². The highest BCUT2D eigenvalue weighted by Crippen LogP contribution is 2.27. The Hall–Kier alpha value is -3.13. The third-order valence-electron chi connectivity index (χ3n) is 3.96. The maximum atomic E-state index is 12.0. The van der Waals surface area contributed by atoms with Crippen LogP contribution in [0.3, 0.4) is 0 Å². The van der Waals surface area contributed by atoms with E-state index in [0.717, 1.165) is 21.6 Å². The van der Waals surface area contributed by atoms with E-state index in [4.69, 9.17) is 4.74 Å². The minimum absolute atomic E-state index is 0.0681. The summed E-state index contributed by atoms with van der Waals surface area (Å²) in [7, 11) is 0. The number of rotatable bonds is 7. The molecule has 28 heavy (non-hydrogen) atoms. The second kappa shape index (κ2) is 9.70. The largest absolute Gasteiger partial charge is 0.452 e. The third kappa shape index (κ3) is 5.95. The number of carbonyl (C=O) groups is 2. The first-order chi connectivity index (χ1) is 13.3. The third-order valence-corrected chi connectivity index (χ3v) is 4.70. The molecule has 1 amide bonds. The molecule has 0 saturated heterocycles. The zero-order valence-corrected chi connectivity index (χ0v) is 16.5. The monoisotopic (exact) mass is 400 g/mol. The molecule has 0 aromatic heterocycles. The van der Waals surface area contributed by atoms with Crippen LogP contribution in [-0.2, 0) is 14.3 Å². The van der Waals surface area contributed by atoms with Gasteiger partial charge in [0.05, 0.1) is 4.92 Å². The van der Waals surface area contributed by atoms with Gasteiger partial charge in [-0.1, -0.05) is 12.1 Å². The van der Waals surface area contributed by atoms with Gasteiger partial charge in [-0.2, -0.15) is 0 Å². The van der Waals surface area contributed by atoms with Crippen LogP contribution in [0.5, 0.6) is 0 Å². The van der Waals surface area contributed by atoms with Crippen molar-refractivity contribution in [1.82, 2.24) is 0 Å². The van der Waals surface area contributed by atoms with Crippen LogP contribution in [0, 0.1) is 24.0 Å². The Morgan fingerprint density at radius 2 is 1.82 bits per heavy atom. The van der Waals surface area contributed by atoms with Crippen molar-refractivity contribution in [2.45, 2.75) is 18.7 Å². The second-order valence-corrected chi connectivity index (χ2v) is 6.85. The van der Waals surface area contributed by atoms with E-state index in [1.165, 1.54) is 18.2 Å². The Labute approximate surface area is 166 Å². The quantitative estimate of drug-likeness (QED) is 0.247. The van der Waals surface area contributed by atoms with Crippen LogP contribution in [0.4, 0.5) is 11.4 Å². The lowest BCUT2D eigenvalue weighted by atomic mass is 10.1. The van der Waals surface area contributed by atoms with E-state index in [1.807, 2.05) is 30.5 Å². The average molecular weight is 400 g/mol. The summed E-state index contributed by atoms with van der Waals surface area (Å²) < 4.78 is 4.89. The van der Waals surface area contributed by atoms with Gasteiger partial charge in [0.25, 0.3) is 11.6 Å². The number of hydrogen-bond acceptors (Lipinski definition) is 6. The summed E-state index contributed by atoms with van der Waals surface area (Å²) in [4.78, 5) is 35.5. The normalized spacial score (nSPS) is 10.7. The highest BCUT2D eigenvalue weighted by atomic mass is 32.2. The van der Waals surface area contributed by atoms with Crippen LogP contribution < -0.4 is 5.32 Å². The first-order valence-corrected chi connectivity index (χ1v) is 9.57. The molecule has 0 radical (unpaired) electrons. The number of aryl methyl sites for hydroxylation is 2. The predicted octanol–water partition coefficient (Wildman–Crippen LogP) is 4.13. The van der Waals surface area contributed by atoms with Gasteiger partial charge < -0.3 is 10.1 Å². The molecule has 0 bridgehead atoms. The molecule has 0 aliphatic heterocycles. The number of amides is 1. The maximum absolute atomic E-state index is 12.0. The Morgan fingerprint density at radius 3 is 2.43 bits per heavy atom. The molecule has 0 spiro atoms. The van der Waals surface area contributed by atoms with Gasteiger partial charge in [0.15, 0.2) is 6.61 Å². The average Bonchev–Trinajstić information content (AvgIpc) is 2.67. The van der Waals surface area contributed by atoms with Gasteiger partial charge in [0.1, 0.15) is 5.69 Å². The number of thioether (sulfide) groups is 1. The zero-order chi connectivity index (χ0) is 20.7. The lowest BCUT2D eigenvalue weighted by Crippen LogP contribution is -2.20. The summed E-state index contributed by atoms with van der Waals surface area (Å²) >= 11 is 1.62. The van der Waals surface area contributed by atoms with Crippen LogP contribution in [0.1, 0.15) is 16.7 Å². The molecule has 146 valence electrons. The summed E-state index contributed by atoms with van der Waals surface area (Å²) in [6, 6.07) is 10.5. The molecule has 0 atom stereocenters. The van der Waals surface area contributed by atoms with Crippen molar-refractivity contribution in [1.29, 1.82) is 0 Å². The maximum Gasteiger partial charge on any atom is 0.331 e. The Balaban J connectivity index is 1.93. The Bertz CT molecular complexity index is 923. The minimum atomic E-state index is -0.682. The van der Waals surface area contributed by atoms with E-state index in [-0.39, 0.29) is 11.4 Å². The molecule has 8 heteroatoms. The number of nitro benzene ring substituents is 1. The van der Waals surface area contributed by atoms with E-state index in [9.17, 15) is 19.7 Å². The van der Waals surface area contributed by atoms with Gasteiger partial charge in [-0.05, 0) is 61.1 Å². The molecule has 0 fully saturated rings. The fourth-order valence-corrected chi connectivity index (χ4v) is 2.71. The van der Waals surface area contributed by atoms with Gasteiger partial charge in [-0.25, -0.2) is 4.79 Å². The topological polar surface area (TPSA) is 98.5 Å². The fourth-order valence-electron chi connectivity index (χ4n) is 2.30. The molecule has 1 N–H and O–H groups in total. The van der Waals surface area contributed by atoms with Crippen LogP contribution in [-0.4, -0.2) is 29.7 Å². The van der Waals surface area contributed by atoms with Gasteiger partial charge in [0.2, 0.25) is 0 Å². The summed E-state index contributed by atoms with van der Waals surface area (Å²) in [5, 5.41) is 13.6. The van der Waals surface area contributed by atoms with Gasteiger partial charge >= 0.3 is 5.97 Å². The van der Waals surface area contributed by atoms with Crippen LogP contribution in [0.2, 0.25) is 0 Å². The highest BCUT2D eigenvalue weighted by molar-refractivity contribution is 7.98. The van der Waals surface area contributed by atoms with Crippen LogP contribution >= 0.6 is 11.8 Å².